The zero-order chi connectivity index (χ0) is 41.4. The molecule has 6 unspecified atom stereocenters. The van der Waals surface area contributed by atoms with Crippen LogP contribution in [-0.2, 0) is 16.1 Å². The molecule has 7 rings (SSSR count). The van der Waals surface area contributed by atoms with Crippen LogP contribution in [0.2, 0.25) is 0 Å². The Labute approximate surface area is 345 Å². The van der Waals surface area contributed by atoms with Gasteiger partial charge in [0.2, 0.25) is 12.6 Å². The number of oxime groups is 1. The first kappa shape index (κ1) is 41.5. The maximum Gasteiger partial charge on any atom is 0.254 e. The van der Waals surface area contributed by atoms with Crippen LogP contribution in [0.4, 0.5) is 0 Å². The van der Waals surface area contributed by atoms with Crippen LogP contribution in [0.15, 0.2) is 103 Å². The Morgan fingerprint density at radius 1 is 0.966 bits per heavy atom. The number of ether oxygens (including phenoxy) is 5. The summed E-state index contributed by atoms with van der Waals surface area (Å²) in [5.41, 5.74) is 4.20. The Kier molecular flexibility index (Phi) is 13.4. The van der Waals surface area contributed by atoms with Crippen LogP contribution in [0.3, 0.4) is 0 Å². The lowest BCUT2D eigenvalue weighted by Crippen LogP contribution is -2.70. The van der Waals surface area contributed by atoms with E-state index in [1.165, 1.54) is 7.11 Å². The van der Waals surface area contributed by atoms with Gasteiger partial charge in [-0.3, -0.25) is 4.79 Å². The van der Waals surface area contributed by atoms with Crippen LogP contribution in [-0.4, -0.2) is 78.9 Å². The van der Waals surface area contributed by atoms with Crippen LogP contribution >= 0.6 is 0 Å². The Hall–Kier alpha value is -5.61. The first-order chi connectivity index (χ1) is 28.9. The summed E-state index contributed by atoms with van der Waals surface area (Å²) in [6.07, 6.45) is 10.5. The third-order valence-electron chi connectivity index (χ3n) is 11.9. The molecular weight excluding hydrogens is 751 g/mol. The van der Waals surface area contributed by atoms with E-state index >= 15 is 4.79 Å². The molecule has 0 bridgehead atoms. The number of hydrogen-bond acceptors (Lipinski definition) is 11. The van der Waals surface area contributed by atoms with Crippen molar-refractivity contribution < 1.29 is 43.5 Å². The summed E-state index contributed by atoms with van der Waals surface area (Å²) in [6, 6.07) is 19.5. The van der Waals surface area contributed by atoms with Gasteiger partial charge in [-0.2, -0.15) is 5.26 Å². The zero-order valence-corrected chi connectivity index (χ0v) is 33.6. The van der Waals surface area contributed by atoms with E-state index in [1.807, 2.05) is 30.3 Å². The summed E-state index contributed by atoms with van der Waals surface area (Å²) >= 11 is 0. The van der Waals surface area contributed by atoms with Crippen molar-refractivity contribution in [3.8, 4) is 29.1 Å². The van der Waals surface area contributed by atoms with E-state index in [4.69, 9.17) is 33.7 Å². The predicted molar refractivity (Wildman–Crippen MR) is 221 cm³/mol. The Morgan fingerprint density at radius 3 is 2.44 bits per heavy atom. The molecule has 0 aromatic heterocycles. The van der Waals surface area contributed by atoms with E-state index in [1.54, 1.807) is 41.3 Å². The molecule has 0 spiro atoms. The molecule has 1 amide bonds. The van der Waals surface area contributed by atoms with Gasteiger partial charge in [0.25, 0.3) is 5.91 Å². The summed E-state index contributed by atoms with van der Waals surface area (Å²) in [7, 11) is 1.53. The number of nitrogens with zero attached hydrogens (tertiary/aromatic N) is 3. The highest BCUT2D eigenvalue weighted by Crippen LogP contribution is 2.62. The zero-order valence-electron chi connectivity index (χ0n) is 33.6. The Morgan fingerprint density at radius 2 is 1.71 bits per heavy atom. The molecule has 0 radical (unpaired) electrons. The van der Waals surface area contributed by atoms with E-state index < -0.39 is 17.7 Å². The van der Waals surface area contributed by atoms with Gasteiger partial charge in [0.1, 0.15) is 31.3 Å². The van der Waals surface area contributed by atoms with Gasteiger partial charge in [-0.05, 0) is 103 Å². The lowest BCUT2D eigenvalue weighted by atomic mass is 9.55. The summed E-state index contributed by atoms with van der Waals surface area (Å²) < 4.78 is 31.9. The second kappa shape index (κ2) is 19.0. The van der Waals surface area contributed by atoms with Crippen molar-refractivity contribution >= 4 is 11.6 Å². The molecule has 1 fully saturated rings. The van der Waals surface area contributed by atoms with E-state index in [0.29, 0.717) is 59.3 Å². The summed E-state index contributed by atoms with van der Waals surface area (Å²) in [4.78, 5) is 22.6. The lowest BCUT2D eigenvalue weighted by molar-refractivity contribution is -0.255. The third kappa shape index (κ3) is 8.46. The molecule has 12 heteroatoms. The number of aliphatic hydroxyl groups is 2. The molecule has 2 heterocycles. The molecule has 12 nitrogen and oxygen atoms in total. The van der Waals surface area contributed by atoms with Crippen LogP contribution in [0.25, 0.3) is 0 Å². The van der Waals surface area contributed by atoms with Crippen LogP contribution in [0.1, 0.15) is 77.9 Å². The normalized spacial score (nSPS) is 24.1. The monoisotopic (exact) mass is 803 g/mol. The van der Waals surface area contributed by atoms with Crippen molar-refractivity contribution in [3.05, 3.63) is 120 Å². The van der Waals surface area contributed by atoms with Gasteiger partial charge < -0.3 is 43.6 Å². The number of nitriles is 1. The Bertz CT molecular complexity index is 2090. The number of allylic oxidation sites excluding steroid dienone is 1. The number of rotatable bonds is 19. The molecule has 6 atom stereocenters. The highest BCUT2D eigenvalue weighted by Gasteiger charge is 2.65. The fourth-order valence-corrected chi connectivity index (χ4v) is 9.42. The molecule has 3 aromatic rings. The van der Waals surface area contributed by atoms with E-state index in [9.17, 15) is 15.5 Å². The molecule has 3 aromatic carbocycles. The first-order valence-corrected chi connectivity index (χ1v) is 20.4. The number of aliphatic hydroxyl groups excluding tert-OH is 2. The fraction of sp³-hybridized carbons (Fsp3) is 0.426. The Balaban J connectivity index is 1.46. The first-order valence-electron chi connectivity index (χ1n) is 20.4. The van der Waals surface area contributed by atoms with Crippen molar-refractivity contribution in [2.45, 2.75) is 69.2 Å². The number of carbonyl (C=O) groups excluding carboxylic acids is 1. The minimum absolute atomic E-state index is 0.0529. The van der Waals surface area contributed by atoms with Crippen molar-refractivity contribution in [3.63, 3.8) is 0 Å². The number of hydrogen-bond donors (Lipinski definition) is 2. The SMILES string of the molecule is C=CCOc1ccc2c(c1)C1C(CCCCO)C(CCCCO)C=C3C(=NOC)CC(N(Cc4ccc5c(c4)OCO5)C(=O)c4ccc(C#N)cc4)C(OCC=C)(O2)C31. The van der Waals surface area contributed by atoms with Crippen LogP contribution in [0.5, 0.6) is 23.0 Å². The van der Waals surface area contributed by atoms with Gasteiger partial charge in [0, 0.05) is 43.2 Å². The van der Waals surface area contributed by atoms with Gasteiger partial charge >= 0.3 is 0 Å². The summed E-state index contributed by atoms with van der Waals surface area (Å²) in [5, 5.41) is 34.0. The summed E-state index contributed by atoms with van der Waals surface area (Å²) in [5.74, 6) is 0.191. The molecule has 59 heavy (non-hydrogen) atoms. The van der Waals surface area contributed by atoms with Gasteiger partial charge in [0.05, 0.1) is 29.9 Å². The number of carbonyl (C=O) groups is 1. The highest BCUT2D eigenvalue weighted by atomic mass is 16.7. The molecule has 1 saturated carbocycles. The number of unbranched alkanes of at least 4 members (excludes halogenated alkanes) is 2. The van der Waals surface area contributed by atoms with Crippen molar-refractivity contribution in [2.24, 2.45) is 22.9 Å². The molecule has 2 aliphatic carbocycles. The number of benzene rings is 3. The quantitative estimate of drug-likeness (QED) is 0.0710. The highest BCUT2D eigenvalue weighted by molar-refractivity contribution is 6.03. The van der Waals surface area contributed by atoms with Crippen molar-refractivity contribution in [2.75, 3.05) is 40.3 Å². The molecular formula is C47H53N3O9. The molecule has 2 N–H and O–H groups in total. The van der Waals surface area contributed by atoms with Gasteiger partial charge in [-0.1, -0.05) is 48.9 Å². The minimum Gasteiger partial charge on any atom is -0.490 e. The average Bonchev–Trinajstić information content (AvgIpc) is 3.74. The second-order valence-electron chi connectivity index (χ2n) is 15.4. The van der Waals surface area contributed by atoms with Crippen molar-refractivity contribution in [1.29, 1.82) is 5.26 Å². The van der Waals surface area contributed by atoms with E-state index in [0.717, 1.165) is 42.4 Å². The lowest BCUT2D eigenvalue weighted by Gasteiger charge is -2.60. The largest absolute Gasteiger partial charge is 0.490 e. The maximum absolute atomic E-state index is 15.2. The van der Waals surface area contributed by atoms with E-state index in [-0.39, 0.29) is 63.2 Å². The van der Waals surface area contributed by atoms with Crippen LogP contribution in [0, 0.1) is 29.1 Å². The predicted octanol–water partition coefficient (Wildman–Crippen LogP) is 7.46. The van der Waals surface area contributed by atoms with E-state index in [2.05, 4.69) is 31.4 Å². The van der Waals surface area contributed by atoms with Crippen LogP contribution < -0.4 is 18.9 Å². The second-order valence-corrected chi connectivity index (χ2v) is 15.4. The topological polar surface area (TPSA) is 152 Å². The average molecular weight is 804 g/mol. The number of amides is 1. The molecule has 310 valence electrons. The molecule has 0 saturated heterocycles. The molecule has 4 aliphatic rings. The minimum atomic E-state index is -1.46. The maximum atomic E-state index is 15.2. The van der Waals surface area contributed by atoms with Gasteiger partial charge in [0.15, 0.2) is 11.5 Å². The fourth-order valence-electron chi connectivity index (χ4n) is 9.42. The standard InChI is InChI=1S/C47H53N3O9/c1-4-22-55-35-17-19-40-38(26-35)44-36(11-7-9-21-52)34(10-6-8-20-51)25-37-39(49-54-3)27-43(47(59-40,45(37)44)58-23-5-2)50(46(53)33-15-12-31(28-48)13-16-33)29-32-14-18-41-42(24-32)57-30-56-41/h4-5,12-19,24-26,34,36,43-45,51-52H,1-2,6-11,20-23,27,29-30H2,3H3. The summed E-state index contributed by atoms with van der Waals surface area (Å²) in [6.45, 7) is 8.76. The van der Waals surface area contributed by atoms with Gasteiger partial charge in [-0.25, -0.2) is 0 Å². The van der Waals surface area contributed by atoms with Crippen molar-refractivity contribution in [1.82, 2.24) is 4.90 Å². The number of fused-ring (bicyclic) bond motifs is 3. The molecule has 2 aliphatic heterocycles. The third-order valence-corrected chi connectivity index (χ3v) is 11.9. The smallest absolute Gasteiger partial charge is 0.254 e. The van der Waals surface area contributed by atoms with Gasteiger partial charge in [-0.15, -0.1) is 6.58 Å².